The van der Waals surface area contributed by atoms with Crippen molar-refractivity contribution in [3.05, 3.63) is 0 Å². The summed E-state index contributed by atoms with van der Waals surface area (Å²) in [5, 5.41) is 11.9. The summed E-state index contributed by atoms with van der Waals surface area (Å²) in [5.41, 5.74) is 0. The Hall–Kier alpha value is -1.57. The highest BCUT2D eigenvalue weighted by Gasteiger charge is 2.39. The summed E-state index contributed by atoms with van der Waals surface area (Å²) in [6.07, 6.45) is 3.76. The lowest BCUT2D eigenvalue weighted by Gasteiger charge is -2.30. The molecule has 25 heavy (non-hydrogen) atoms. The quantitative estimate of drug-likeness (QED) is 0.691. The van der Waals surface area contributed by atoms with E-state index in [0.29, 0.717) is 37.4 Å². The van der Waals surface area contributed by atoms with Gasteiger partial charge in [0.25, 0.3) is 0 Å². The van der Waals surface area contributed by atoms with Gasteiger partial charge in [-0.3, -0.25) is 19.2 Å². The predicted molar refractivity (Wildman–Crippen MR) is 94.2 cm³/mol. The molecule has 7 nitrogen and oxygen atoms in total. The fraction of sp³-hybridized carbons (Fsp3) is 0.765. The van der Waals surface area contributed by atoms with E-state index in [0.717, 1.165) is 19.3 Å². The number of carboxylic acid groups (broad SMARTS) is 1. The summed E-state index contributed by atoms with van der Waals surface area (Å²) in [7, 11) is 0. The van der Waals surface area contributed by atoms with E-state index in [4.69, 9.17) is 0 Å². The number of thioether (sulfide) groups is 1. The van der Waals surface area contributed by atoms with Crippen LogP contribution >= 0.6 is 11.8 Å². The Kier molecular flexibility index (Phi) is 7.28. The molecule has 0 bridgehead atoms. The minimum absolute atomic E-state index is 0.0154. The second-order valence-corrected chi connectivity index (χ2v) is 7.81. The lowest BCUT2D eigenvalue weighted by molar-refractivity contribution is -0.143. The Balaban J connectivity index is 1.90. The molecule has 0 aromatic carbocycles. The van der Waals surface area contributed by atoms with Crippen LogP contribution in [0.1, 0.15) is 39.0 Å². The molecule has 2 rings (SSSR count). The molecule has 0 aromatic rings. The smallest absolute Gasteiger partial charge is 0.307 e. The van der Waals surface area contributed by atoms with Gasteiger partial charge >= 0.3 is 5.97 Å². The first-order chi connectivity index (χ1) is 11.9. The van der Waals surface area contributed by atoms with Crippen molar-refractivity contribution >= 4 is 35.3 Å². The number of rotatable bonds is 7. The number of piperidine rings is 1. The number of aliphatic carboxylic acids is 1. The number of nitrogens with zero attached hydrogens (tertiary/aromatic N) is 1. The van der Waals surface area contributed by atoms with Gasteiger partial charge in [-0.15, -0.1) is 0 Å². The lowest BCUT2D eigenvalue weighted by atomic mass is 9.98. The van der Waals surface area contributed by atoms with Gasteiger partial charge in [0.05, 0.1) is 5.92 Å². The number of hydrogen-bond donors (Lipinski definition) is 2. The van der Waals surface area contributed by atoms with Gasteiger partial charge in [-0.25, -0.2) is 0 Å². The molecule has 1 saturated carbocycles. The van der Waals surface area contributed by atoms with Gasteiger partial charge in [0.2, 0.25) is 11.8 Å². The maximum Gasteiger partial charge on any atom is 0.307 e. The average Bonchev–Trinajstić information content (AvgIpc) is 2.95. The summed E-state index contributed by atoms with van der Waals surface area (Å²) in [6.45, 7) is 2.80. The number of ketones is 1. The van der Waals surface area contributed by atoms with Gasteiger partial charge in [-0.2, -0.15) is 11.8 Å². The molecule has 2 amide bonds. The normalized spacial score (nSPS) is 24.8. The van der Waals surface area contributed by atoms with Gasteiger partial charge in [-0.05, 0) is 25.7 Å². The highest BCUT2D eigenvalue weighted by molar-refractivity contribution is 7.99. The minimum Gasteiger partial charge on any atom is -0.481 e. The molecule has 2 N–H and O–H groups in total. The first-order valence-corrected chi connectivity index (χ1v) is 9.94. The van der Waals surface area contributed by atoms with Crippen molar-refractivity contribution in [1.29, 1.82) is 0 Å². The van der Waals surface area contributed by atoms with E-state index in [1.807, 2.05) is 0 Å². The number of carbonyl (C=O) groups excluding carboxylic acids is 3. The summed E-state index contributed by atoms with van der Waals surface area (Å²) >= 11 is 1.37. The van der Waals surface area contributed by atoms with Gasteiger partial charge in [-0.1, -0.05) is 0 Å². The van der Waals surface area contributed by atoms with Gasteiger partial charge in [0.1, 0.15) is 11.8 Å². The number of Topliss-reactive ketones (excluding diaryl/α,β-unsaturated/α-hetero) is 1. The van der Waals surface area contributed by atoms with Crippen LogP contribution in [-0.4, -0.2) is 64.2 Å². The molecule has 0 spiro atoms. The number of amides is 2. The second-order valence-electron chi connectivity index (χ2n) is 6.73. The minimum atomic E-state index is -0.931. The van der Waals surface area contributed by atoms with Crippen LogP contribution < -0.4 is 5.32 Å². The third kappa shape index (κ3) is 5.45. The highest BCUT2D eigenvalue weighted by atomic mass is 32.2. The SMILES string of the molecule is CC(=O)NC(CSC[C@@H]1C(=O)CC[C@H]1C(=O)O)C(=O)N1CCCCC1. The van der Waals surface area contributed by atoms with Crippen LogP contribution in [-0.2, 0) is 19.2 Å². The number of likely N-dealkylation sites (tertiary alicyclic amines) is 1. The van der Waals surface area contributed by atoms with Crippen molar-refractivity contribution in [2.24, 2.45) is 11.8 Å². The van der Waals surface area contributed by atoms with E-state index in [9.17, 15) is 24.3 Å². The third-order valence-corrected chi connectivity index (χ3v) is 6.01. The van der Waals surface area contributed by atoms with Crippen LogP contribution in [0.25, 0.3) is 0 Å². The Morgan fingerprint density at radius 2 is 1.96 bits per heavy atom. The highest BCUT2D eigenvalue weighted by Crippen LogP contribution is 2.31. The average molecular weight is 370 g/mol. The summed E-state index contributed by atoms with van der Waals surface area (Å²) in [4.78, 5) is 49.0. The maximum absolute atomic E-state index is 12.6. The van der Waals surface area contributed by atoms with Crippen molar-refractivity contribution in [1.82, 2.24) is 10.2 Å². The molecule has 140 valence electrons. The van der Waals surface area contributed by atoms with E-state index >= 15 is 0 Å². The predicted octanol–water partition coefficient (Wildman–Crippen LogP) is 0.917. The zero-order valence-corrected chi connectivity index (χ0v) is 15.3. The van der Waals surface area contributed by atoms with E-state index in [2.05, 4.69) is 5.32 Å². The van der Waals surface area contributed by atoms with Crippen LogP contribution in [0.5, 0.6) is 0 Å². The van der Waals surface area contributed by atoms with Gasteiger partial charge < -0.3 is 15.3 Å². The van der Waals surface area contributed by atoms with Crippen LogP contribution in [0.3, 0.4) is 0 Å². The zero-order chi connectivity index (χ0) is 18.4. The maximum atomic E-state index is 12.6. The number of nitrogens with one attached hydrogen (secondary N) is 1. The summed E-state index contributed by atoms with van der Waals surface area (Å²) in [5.74, 6) is -1.70. The van der Waals surface area contributed by atoms with Crippen LogP contribution in [0.15, 0.2) is 0 Å². The van der Waals surface area contributed by atoms with Crippen LogP contribution in [0, 0.1) is 11.8 Å². The number of carboxylic acids is 1. The fourth-order valence-electron chi connectivity index (χ4n) is 3.48. The molecule has 8 heteroatoms. The molecule has 0 radical (unpaired) electrons. The van der Waals surface area contributed by atoms with Crippen molar-refractivity contribution in [2.45, 2.75) is 45.1 Å². The Bertz CT molecular complexity index is 533. The molecule has 2 aliphatic rings. The van der Waals surface area contributed by atoms with Crippen molar-refractivity contribution in [3.63, 3.8) is 0 Å². The summed E-state index contributed by atoms with van der Waals surface area (Å²) < 4.78 is 0. The fourth-order valence-corrected chi connectivity index (χ4v) is 4.75. The number of carbonyl (C=O) groups is 4. The monoisotopic (exact) mass is 370 g/mol. The Morgan fingerprint density at radius 3 is 2.56 bits per heavy atom. The van der Waals surface area contributed by atoms with Crippen molar-refractivity contribution < 1.29 is 24.3 Å². The topological polar surface area (TPSA) is 104 Å². The first-order valence-electron chi connectivity index (χ1n) is 8.79. The molecular weight excluding hydrogens is 344 g/mol. The molecule has 0 aromatic heterocycles. The molecule has 1 heterocycles. The molecule has 1 aliphatic carbocycles. The molecule has 2 fully saturated rings. The van der Waals surface area contributed by atoms with Crippen LogP contribution in [0.4, 0.5) is 0 Å². The molecular formula is C17H26N2O5S. The van der Waals surface area contributed by atoms with E-state index in [1.54, 1.807) is 4.90 Å². The van der Waals surface area contributed by atoms with Crippen LogP contribution in [0.2, 0.25) is 0 Å². The summed E-state index contributed by atoms with van der Waals surface area (Å²) in [6, 6.07) is -0.625. The lowest BCUT2D eigenvalue weighted by Crippen LogP contribution is -2.50. The Labute approximate surface area is 151 Å². The largest absolute Gasteiger partial charge is 0.481 e. The van der Waals surface area contributed by atoms with Crippen molar-refractivity contribution in [2.75, 3.05) is 24.6 Å². The van der Waals surface area contributed by atoms with Gasteiger partial charge in [0.15, 0.2) is 0 Å². The van der Waals surface area contributed by atoms with Gasteiger partial charge in [0, 0.05) is 43.9 Å². The standard InChI is InChI=1S/C17H26N2O5S/c1-11(20)18-14(16(22)19-7-3-2-4-8-19)10-25-9-13-12(17(23)24)5-6-15(13)21/h12-14H,2-10H2,1H3,(H,18,20)(H,23,24)/t12-,13+,14?/m1/s1. The molecule has 1 saturated heterocycles. The van der Waals surface area contributed by atoms with Crippen molar-refractivity contribution in [3.8, 4) is 0 Å². The van der Waals surface area contributed by atoms with E-state index in [1.165, 1.54) is 18.7 Å². The van der Waals surface area contributed by atoms with E-state index in [-0.39, 0.29) is 17.6 Å². The zero-order valence-electron chi connectivity index (χ0n) is 14.5. The Morgan fingerprint density at radius 1 is 1.28 bits per heavy atom. The molecule has 3 atom stereocenters. The number of hydrogen-bond acceptors (Lipinski definition) is 5. The molecule has 1 unspecified atom stereocenters. The first kappa shape index (κ1) is 19.8. The molecule has 1 aliphatic heterocycles. The van der Waals surface area contributed by atoms with E-state index < -0.39 is 23.8 Å². The second kappa shape index (κ2) is 9.22. The third-order valence-electron chi connectivity index (χ3n) is 4.84.